The maximum absolute atomic E-state index is 11.6. The molecule has 18 heavy (non-hydrogen) atoms. The maximum Gasteiger partial charge on any atom is 0.338 e. The molecule has 0 aliphatic carbocycles. The van der Waals surface area contributed by atoms with Crippen LogP contribution in [0.1, 0.15) is 24.2 Å². The third kappa shape index (κ3) is 3.85. The van der Waals surface area contributed by atoms with Crippen LogP contribution in [0.4, 0.5) is 5.69 Å². The molecule has 0 aliphatic rings. The van der Waals surface area contributed by atoms with Crippen LogP contribution in [0.3, 0.4) is 0 Å². The Bertz CT molecular complexity index is 415. The monoisotopic (exact) mass is 250 g/mol. The summed E-state index contributed by atoms with van der Waals surface area (Å²) < 4.78 is 4.87. The molecule has 1 aromatic carbocycles. The number of hydrogen-bond donors (Lipinski definition) is 2. The Labute approximate surface area is 107 Å². The van der Waals surface area contributed by atoms with Crippen molar-refractivity contribution >= 4 is 17.6 Å². The number of carbonyl (C=O) groups is 2. The second-order valence-corrected chi connectivity index (χ2v) is 3.80. The minimum absolute atomic E-state index is 0.124. The van der Waals surface area contributed by atoms with E-state index < -0.39 is 0 Å². The van der Waals surface area contributed by atoms with Crippen molar-refractivity contribution in [2.45, 2.75) is 19.9 Å². The Kier molecular flexibility index (Phi) is 5.32. The normalized spacial score (nSPS) is 11.7. The van der Waals surface area contributed by atoms with Crippen molar-refractivity contribution in [1.29, 1.82) is 0 Å². The van der Waals surface area contributed by atoms with E-state index in [2.05, 4.69) is 10.6 Å². The fraction of sp³-hybridized carbons (Fsp3) is 0.385. The maximum atomic E-state index is 11.6. The van der Waals surface area contributed by atoms with Gasteiger partial charge in [-0.3, -0.25) is 4.79 Å². The molecule has 0 saturated carbocycles. The van der Waals surface area contributed by atoms with Gasteiger partial charge in [-0.25, -0.2) is 4.79 Å². The molecule has 1 aromatic rings. The minimum atomic E-state index is -0.362. The number of likely N-dealkylation sites (N-methyl/N-ethyl adjacent to an activating group) is 1. The number of hydrogen-bond acceptors (Lipinski definition) is 4. The van der Waals surface area contributed by atoms with Crippen molar-refractivity contribution in [3.8, 4) is 0 Å². The van der Waals surface area contributed by atoms with E-state index in [1.807, 2.05) is 0 Å². The van der Waals surface area contributed by atoms with Gasteiger partial charge in [-0.2, -0.15) is 0 Å². The van der Waals surface area contributed by atoms with Crippen molar-refractivity contribution in [1.82, 2.24) is 5.32 Å². The highest BCUT2D eigenvalue weighted by Crippen LogP contribution is 2.10. The van der Waals surface area contributed by atoms with Gasteiger partial charge < -0.3 is 15.4 Å². The van der Waals surface area contributed by atoms with Crippen LogP contribution in [0.2, 0.25) is 0 Å². The number of rotatable bonds is 5. The Hall–Kier alpha value is -1.88. The first kappa shape index (κ1) is 14.2. The standard InChI is InChI=1S/C13H18N2O3/c1-4-18-13(17)10-5-7-11(8-6-10)15-12(16)9(2)14-3/h5-9,14H,4H2,1-3H3,(H,15,16). The molecular weight excluding hydrogens is 232 g/mol. The van der Waals surface area contributed by atoms with E-state index in [9.17, 15) is 9.59 Å². The van der Waals surface area contributed by atoms with E-state index in [1.54, 1.807) is 45.2 Å². The number of amides is 1. The number of esters is 1. The van der Waals surface area contributed by atoms with Crippen LogP contribution in [0.5, 0.6) is 0 Å². The molecule has 0 fully saturated rings. The van der Waals surface area contributed by atoms with Crippen molar-refractivity contribution in [3.63, 3.8) is 0 Å². The average molecular weight is 250 g/mol. The zero-order valence-corrected chi connectivity index (χ0v) is 10.8. The lowest BCUT2D eigenvalue weighted by atomic mass is 10.2. The molecular formula is C13H18N2O3. The zero-order valence-electron chi connectivity index (χ0n) is 10.8. The summed E-state index contributed by atoms with van der Waals surface area (Å²) in [5, 5.41) is 5.58. The molecule has 0 saturated heterocycles. The Morgan fingerprint density at radius 2 is 1.89 bits per heavy atom. The third-order valence-electron chi connectivity index (χ3n) is 2.49. The largest absolute Gasteiger partial charge is 0.462 e. The topological polar surface area (TPSA) is 67.4 Å². The molecule has 0 aromatic heterocycles. The van der Waals surface area contributed by atoms with Gasteiger partial charge in [0.1, 0.15) is 0 Å². The molecule has 0 spiro atoms. The smallest absolute Gasteiger partial charge is 0.338 e. The minimum Gasteiger partial charge on any atom is -0.462 e. The quantitative estimate of drug-likeness (QED) is 0.775. The molecule has 0 radical (unpaired) electrons. The van der Waals surface area contributed by atoms with Gasteiger partial charge in [-0.05, 0) is 45.2 Å². The summed E-state index contributed by atoms with van der Waals surface area (Å²) in [5.74, 6) is -0.486. The molecule has 98 valence electrons. The van der Waals surface area contributed by atoms with Gasteiger partial charge in [-0.1, -0.05) is 0 Å². The second kappa shape index (κ2) is 6.76. The first-order valence-corrected chi connectivity index (χ1v) is 5.83. The van der Waals surface area contributed by atoms with E-state index in [4.69, 9.17) is 4.74 Å². The predicted molar refractivity (Wildman–Crippen MR) is 69.5 cm³/mol. The molecule has 0 bridgehead atoms. The van der Waals surface area contributed by atoms with Crippen molar-refractivity contribution in [2.24, 2.45) is 0 Å². The first-order valence-electron chi connectivity index (χ1n) is 5.83. The van der Waals surface area contributed by atoms with E-state index in [0.29, 0.717) is 17.9 Å². The van der Waals surface area contributed by atoms with Crippen LogP contribution in [0.15, 0.2) is 24.3 Å². The Balaban J connectivity index is 2.66. The summed E-state index contributed by atoms with van der Waals surface area (Å²) >= 11 is 0. The summed E-state index contributed by atoms with van der Waals surface area (Å²) in [6, 6.07) is 6.32. The fourth-order valence-electron chi connectivity index (χ4n) is 1.29. The van der Waals surface area contributed by atoms with Crippen LogP contribution in [-0.2, 0) is 9.53 Å². The summed E-state index contributed by atoms with van der Waals surface area (Å²) in [4.78, 5) is 23.0. The highest BCUT2D eigenvalue weighted by molar-refractivity contribution is 5.95. The second-order valence-electron chi connectivity index (χ2n) is 3.80. The van der Waals surface area contributed by atoms with Gasteiger partial charge >= 0.3 is 5.97 Å². The van der Waals surface area contributed by atoms with Gasteiger partial charge in [0.05, 0.1) is 18.2 Å². The summed E-state index contributed by atoms with van der Waals surface area (Å²) in [6.07, 6.45) is 0. The fourth-order valence-corrected chi connectivity index (χ4v) is 1.29. The number of carbonyl (C=O) groups excluding carboxylic acids is 2. The molecule has 2 N–H and O–H groups in total. The van der Waals surface area contributed by atoms with Gasteiger partial charge in [0.15, 0.2) is 0 Å². The van der Waals surface area contributed by atoms with E-state index in [0.717, 1.165) is 0 Å². The number of benzene rings is 1. The molecule has 1 atom stereocenters. The lowest BCUT2D eigenvalue weighted by Gasteiger charge is -2.11. The molecule has 1 rings (SSSR count). The lowest BCUT2D eigenvalue weighted by Crippen LogP contribution is -2.35. The number of anilines is 1. The molecule has 0 heterocycles. The van der Waals surface area contributed by atoms with Gasteiger partial charge in [-0.15, -0.1) is 0 Å². The summed E-state index contributed by atoms with van der Waals surface area (Å²) in [5.41, 5.74) is 1.12. The number of ether oxygens (including phenoxy) is 1. The van der Waals surface area contributed by atoms with Crippen molar-refractivity contribution in [3.05, 3.63) is 29.8 Å². The third-order valence-corrected chi connectivity index (χ3v) is 2.49. The SMILES string of the molecule is CCOC(=O)c1ccc(NC(=O)C(C)NC)cc1. The number of nitrogens with one attached hydrogen (secondary N) is 2. The molecule has 1 amide bonds. The van der Waals surface area contributed by atoms with Gasteiger partial charge in [0.2, 0.25) is 5.91 Å². The van der Waals surface area contributed by atoms with Crippen LogP contribution < -0.4 is 10.6 Å². The Morgan fingerprint density at radius 1 is 1.28 bits per heavy atom. The van der Waals surface area contributed by atoms with E-state index in [-0.39, 0.29) is 17.9 Å². The first-order chi connectivity index (χ1) is 8.58. The molecule has 5 nitrogen and oxygen atoms in total. The van der Waals surface area contributed by atoms with Crippen LogP contribution in [-0.4, -0.2) is 31.6 Å². The van der Waals surface area contributed by atoms with E-state index in [1.165, 1.54) is 0 Å². The molecule has 5 heteroatoms. The Morgan fingerprint density at radius 3 is 2.39 bits per heavy atom. The molecule has 1 unspecified atom stereocenters. The summed E-state index contributed by atoms with van der Waals surface area (Å²) in [6.45, 7) is 3.87. The van der Waals surface area contributed by atoms with Gasteiger partial charge in [0, 0.05) is 5.69 Å². The van der Waals surface area contributed by atoms with Gasteiger partial charge in [0.25, 0.3) is 0 Å². The average Bonchev–Trinajstić information content (AvgIpc) is 2.38. The summed E-state index contributed by atoms with van der Waals surface area (Å²) in [7, 11) is 1.72. The van der Waals surface area contributed by atoms with Crippen molar-refractivity contribution in [2.75, 3.05) is 19.0 Å². The highest BCUT2D eigenvalue weighted by Gasteiger charge is 2.11. The van der Waals surface area contributed by atoms with Crippen LogP contribution in [0, 0.1) is 0 Å². The lowest BCUT2D eigenvalue weighted by molar-refractivity contribution is -0.117. The molecule has 0 aliphatic heterocycles. The van der Waals surface area contributed by atoms with Crippen LogP contribution >= 0.6 is 0 Å². The van der Waals surface area contributed by atoms with E-state index >= 15 is 0 Å². The van der Waals surface area contributed by atoms with Crippen LogP contribution in [0.25, 0.3) is 0 Å². The predicted octanol–water partition coefficient (Wildman–Crippen LogP) is 1.41. The zero-order chi connectivity index (χ0) is 13.5. The van der Waals surface area contributed by atoms with Crippen molar-refractivity contribution < 1.29 is 14.3 Å². The highest BCUT2D eigenvalue weighted by atomic mass is 16.5.